The lowest BCUT2D eigenvalue weighted by molar-refractivity contribution is -0.141. The lowest BCUT2D eigenvalue weighted by Gasteiger charge is -2.23. The van der Waals surface area contributed by atoms with Crippen molar-refractivity contribution in [1.29, 1.82) is 0 Å². The highest BCUT2D eigenvalue weighted by molar-refractivity contribution is 7.86. The number of carbonyl (C=O) groups is 2. The second kappa shape index (κ2) is 7.20. The molecule has 0 aromatic rings. The lowest BCUT2D eigenvalue weighted by Crippen LogP contribution is -2.40. The molecular weight excluding hydrogens is 278 g/mol. The molecule has 0 aromatic carbocycles. The highest BCUT2D eigenvalue weighted by Crippen LogP contribution is 2.49. The molecular formula is C14H25NO4S. The molecule has 116 valence electrons. The second-order valence-corrected chi connectivity index (χ2v) is 7.19. The predicted octanol–water partition coefficient (Wildman–Crippen LogP) is 1.34. The highest BCUT2D eigenvalue weighted by atomic mass is 32.2. The van der Waals surface area contributed by atoms with E-state index in [1.165, 1.54) is 7.11 Å². The number of methoxy groups -OCH3 is 1. The Bertz CT molecular complexity index is 389. The van der Waals surface area contributed by atoms with E-state index in [1.807, 2.05) is 13.8 Å². The van der Waals surface area contributed by atoms with Gasteiger partial charge in [0.25, 0.3) is 0 Å². The number of esters is 1. The molecule has 1 rings (SSSR count). The van der Waals surface area contributed by atoms with Gasteiger partial charge < -0.3 is 9.64 Å². The van der Waals surface area contributed by atoms with E-state index in [9.17, 15) is 13.8 Å². The van der Waals surface area contributed by atoms with Gasteiger partial charge in [0.2, 0.25) is 5.91 Å². The fourth-order valence-corrected chi connectivity index (χ4v) is 3.88. The van der Waals surface area contributed by atoms with Crippen molar-refractivity contribution >= 4 is 22.7 Å². The Kier molecular flexibility index (Phi) is 6.17. The molecule has 0 bridgehead atoms. The zero-order valence-corrected chi connectivity index (χ0v) is 13.6. The van der Waals surface area contributed by atoms with Crippen molar-refractivity contribution in [1.82, 2.24) is 4.90 Å². The number of nitrogens with zero attached hydrogens (tertiary/aromatic N) is 1. The van der Waals surface area contributed by atoms with Gasteiger partial charge in [0, 0.05) is 29.6 Å². The van der Waals surface area contributed by atoms with E-state index in [1.54, 1.807) is 11.8 Å². The fraction of sp³-hybridized carbons (Fsp3) is 0.857. The fourth-order valence-electron chi connectivity index (χ4n) is 2.26. The van der Waals surface area contributed by atoms with Crippen LogP contribution in [0.3, 0.4) is 0 Å². The molecule has 0 heterocycles. The zero-order chi connectivity index (χ0) is 15.3. The van der Waals surface area contributed by atoms with E-state index in [4.69, 9.17) is 0 Å². The first-order valence-electron chi connectivity index (χ1n) is 7.12. The summed E-state index contributed by atoms with van der Waals surface area (Å²) in [4.78, 5) is 25.2. The Labute approximate surface area is 123 Å². The first-order valence-corrected chi connectivity index (χ1v) is 8.50. The molecule has 5 nitrogen and oxygen atoms in total. The maximum Gasteiger partial charge on any atom is 0.306 e. The Morgan fingerprint density at radius 3 is 2.25 bits per heavy atom. The van der Waals surface area contributed by atoms with Crippen molar-refractivity contribution in [3.05, 3.63) is 0 Å². The summed E-state index contributed by atoms with van der Waals surface area (Å²) >= 11 is 0. The van der Waals surface area contributed by atoms with Crippen LogP contribution in [0.15, 0.2) is 0 Å². The molecule has 20 heavy (non-hydrogen) atoms. The van der Waals surface area contributed by atoms with Crippen molar-refractivity contribution in [2.75, 3.05) is 26.0 Å². The van der Waals surface area contributed by atoms with Gasteiger partial charge in [-0.1, -0.05) is 0 Å². The van der Waals surface area contributed by atoms with Crippen molar-refractivity contribution in [2.24, 2.45) is 5.41 Å². The van der Waals surface area contributed by atoms with Gasteiger partial charge in [-0.2, -0.15) is 0 Å². The molecule has 2 atom stereocenters. The summed E-state index contributed by atoms with van der Waals surface area (Å²) in [6, 6.07) is 0. The smallest absolute Gasteiger partial charge is 0.306 e. The van der Waals surface area contributed by atoms with Gasteiger partial charge in [-0.05, 0) is 39.0 Å². The summed E-state index contributed by atoms with van der Waals surface area (Å²) in [7, 11) is 0.120. The minimum Gasteiger partial charge on any atom is -0.469 e. The topological polar surface area (TPSA) is 63.7 Å². The van der Waals surface area contributed by atoms with Crippen LogP contribution in [0.1, 0.15) is 40.0 Å². The van der Waals surface area contributed by atoms with Crippen molar-refractivity contribution in [3.8, 4) is 0 Å². The van der Waals surface area contributed by atoms with Crippen LogP contribution in [0.5, 0.6) is 0 Å². The number of amides is 1. The summed E-state index contributed by atoms with van der Waals surface area (Å²) in [5.74, 6) is 0.0837. The number of hydrogen-bond donors (Lipinski definition) is 0. The molecule has 0 spiro atoms. The Morgan fingerprint density at radius 2 is 1.85 bits per heavy atom. The third kappa shape index (κ3) is 4.30. The van der Waals surface area contributed by atoms with Gasteiger partial charge in [-0.15, -0.1) is 0 Å². The molecule has 6 heteroatoms. The van der Waals surface area contributed by atoms with Crippen LogP contribution in [0.2, 0.25) is 0 Å². The van der Waals surface area contributed by atoms with Gasteiger partial charge >= 0.3 is 5.97 Å². The molecule has 1 aliphatic carbocycles. The number of hydrogen-bond acceptors (Lipinski definition) is 4. The van der Waals surface area contributed by atoms with Gasteiger partial charge in [0.1, 0.15) is 5.25 Å². The largest absolute Gasteiger partial charge is 0.469 e. The average Bonchev–Trinajstić information content (AvgIpc) is 3.18. The summed E-state index contributed by atoms with van der Waals surface area (Å²) < 4.78 is 17.0. The van der Waals surface area contributed by atoms with Gasteiger partial charge in [0.05, 0.1) is 13.5 Å². The minimum atomic E-state index is -1.24. The van der Waals surface area contributed by atoms with Gasteiger partial charge in [0.15, 0.2) is 0 Å². The molecule has 1 aliphatic rings. The normalized spacial score (nSPS) is 19.0. The van der Waals surface area contributed by atoms with Crippen LogP contribution in [-0.4, -0.2) is 52.2 Å². The summed E-state index contributed by atoms with van der Waals surface area (Å²) in [6.45, 7) is 6.80. The van der Waals surface area contributed by atoms with Crippen molar-refractivity contribution in [3.63, 3.8) is 0 Å². The standard InChI is InChI=1S/C14H25NO4S/c1-5-15(6-2)13(17)11(3)20(18)10-14(7-8-14)9-12(16)19-4/h11H,5-10H2,1-4H3. The second-order valence-electron chi connectivity index (χ2n) is 5.43. The molecule has 0 aliphatic heterocycles. The van der Waals surface area contributed by atoms with E-state index in [-0.39, 0.29) is 17.3 Å². The van der Waals surface area contributed by atoms with Crippen LogP contribution in [0.4, 0.5) is 0 Å². The van der Waals surface area contributed by atoms with Crippen LogP contribution in [-0.2, 0) is 25.1 Å². The maximum atomic E-state index is 12.4. The zero-order valence-electron chi connectivity index (χ0n) is 12.8. The third-order valence-corrected chi connectivity index (χ3v) is 5.86. The Morgan fingerprint density at radius 1 is 1.30 bits per heavy atom. The number of carbonyl (C=O) groups excluding carboxylic acids is 2. The Balaban J connectivity index is 2.58. The number of ether oxygens (including phenoxy) is 1. The van der Waals surface area contributed by atoms with E-state index in [0.717, 1.165) is 12.8 Å². The predicted molar refractivity (Wildman–Crippen MR) is 78.7 cm³/mol. The molecule has 2 unspecified atom stereocenters. The summed E-state index contributed by atoms with van der Waals surface area (Å²) in [5, 5.41) is -0.509. The molecule has 1 fully saturated rings. The first-order chi connectivity index (χ1) is 9.39. The molecule has 1 amide bonds. The minimum absolute atomic E-state index is 0.0674. The van der Waals surface area contributed by atoms with Crippen molar-refractivity contribution in [2.45, 2.75) is 45.3 Å². The van der Waals surface area contributed by atoms with E-state index < -0.39 is 16.0 Å². The van der Waals surface area contributed by atoms with Gasteiger partial charge in [-0.3, -0.25) is 13.8 Å². The van der Waals surface area contributed by atoms with Crippen LogP contribution < -0.4 is 0 Å². The van der Waals surface area contributed by atoms with Crippen molar-refractivity contribution < 1.29 is 18.5 Å². The highest BCUT2D eigenvalue weighted by Gasteiger charge is 2.47. The Hall–Kier alpha value is -0.910. The van der Waals surface area contributed by atoms with Gasteiger partial charge in [-0.25, -0.2) is 0 Å². The SMILES string of the molecule is CCN(CC)C(=O)C(C)S(=O)CC1(CC(=O)OC)CC1. The third-order valence-electron chi connectivity index (χ3n) is 3.97. The maximum absolute atomic E-state index is 12.4. The van der Waals surface area contributed by atoms with E-state index in [2.05, 4.69) is 4.74 Å². The van der Waals surface area contributed by atoms with E-state index in [0.29, 0.717) is 25.3 Å². The first kappa shape index (κ1) is 17.1. The molecule has 0 aromatic heterocycles. The molecule has 0 radical (unpaired) electrons. The lowest BCUT2D eigenvalue weighted by atomic mass is 10.1. The average molecular weight is 303 g/mol. The summed E-state index contributed by atoms with van der Waals surface area (Å²) in [5.41, 5.74) is -0.199. The quantitative estimate of drug-likeness (QED) is 0.635. The van der Waals surface area contributed by atoms with Crippen LogP contribution >= 0.6 is 0 Å². The van der Waals surface area contributed by atoms with Crippen LogP contribution in [0, 0.1) is 5.41 Å². The molecule has 1 saturated carbocycles. The van der Waals surface area contributed by atoms with Crippen LogP contribution in [0.25, 0.3) is 0 Å². The summed E-state index contributed by atoms with van der Waals surface area (Å²) in [6.07, 6.45) is 2.08. The van der Waals surface area contributed by atoms with E-state index >= 15 is 0 Å². The monoisotopic (exact) mass is 303 g/mol. The number of rotatable bonds is 8. The molecule has 0 saturated heterocycles. The molecule has 0 N–H and O–H groups in total.